The van der Waals surface area contributed by atoms with Gasteiger partial charge in [0.25, 0.3) is 0 Å². The van der Waals surface area contributed by atoms with E-state index in [-0.39, 0.29) is 25.3 Å². The lowest BCUT2D eigenvalue weighted by molar-refractivity contribution is -0.120. The minimum atomic E-state index is -1.47. The number of rotatable bonds is 12. The standard InChI is InChI=1S/C29H32BNO8/c1-18-23(12-19-13-26(36-3)29(27(14-19)37-4)39-11-9-30(33)34)22-8-7-20(35-2)15-25(22)24(18)16-28(32)31-17-21-6-5-10-38-21/h5-8,10,12-15,33-34H,9,11,16-17H2,1-4H3,(H,31,32). The summed E-state index contributed by atoms with van der Waals surface area (Å²) in [7, 11) is 3.20. The largest absolute Gasteiger partial charge is 0.497 e. The van der Waals surface area contributed by atoms with E-state index in [1.807, 2.05) is 49.4 Å². The molecule has 39 heavy (non-hydrogen) atoms. The van der Waals surface area contributed by atoms with Crippen molar-refractivity contribution >= 4 is 30.2 Å². The molecule has 1 amide bonds. The van der Waals surface area contributed by atoms with Crippen LogP contribution in [-0.2, 0) is 11.3 Å². The van der Waals surface area contributed by atoms with Gasteiger partial charge in [0.2, 0.25) is 11.7 Å². The number of hydrogen-bond donors (Lipinski definition) is 3. The summed E-state index contributed by atoms with van der Waals surface area (Å²) in [5.41, 5.74) is 5.57. The third-order valence-corrected chi connectivity index (χ3v) is 6.49. The van der Waals surface area contributed by atoms with E-state index in [0.717, 1.165) is 33.4 Å². The van der Waals surface area contributed by atoms with E-state index in [0.29, 0.717) is 35.3 Å². The minimum Gasteiger partial charge on any atom is -0.497 e. The van der Waals surface area contributed by atoms with Crippen molar-refractivity contribution in [1.82, 2.24) is 5.32 Å². The zero-order valence-electron chi connectivity index (χ0n) is 22.4. The SMILES string of the molecule is COc1ccc2c(c1)C(CC(=O)NCc1ccco1)=C(C)C2=Cc1cc(OC)c(OCCB(O)O)c(OC)c1. The van der Waals surface area contributed by atoms with Gasteiger partial charge in [-0.2, -0.15) is 0 Å². The molecule has 0 saturated heterocycles. The lowest BCUT2D eigenvalue weighted by Crippen LogP contribution is -2.22. The molecule has 3 N–H and O–H groups in total. The number of carbonyl (C=O) groups is 1. The lowest BCUT2D eigenvalue weighted by atomic mass is 9.87. The van der Waals surface area contributed by atoms with Gasteiger partial charge in [-0.1, -0.05) is 6.07 Å². The topological polar surface area (TPSA) is 120 Å². The van der Waals surface area contributed by atoms with Crippen LogP contribution < -0.4 is 24.3 Å². The highest BCUT2D eigenvalue weighted by Crippen LogP contribution is 2.46. The van der Waals surface area contributed by atoms with Gasteiger partial charge in [-0.15, -0.1) is 0 Å². The molecule has 0 atom stereocenters. The number of methoxy groups -OCH3 is 3. The van der Waals surface area contributed by atoms with Gasteiger partial charge in [-0.05, 0) is 82.8 Å². The molecule has 0 saturated carbocycles. The Morgan fingerprint density at radius 3 is 2.38 bits per heavy atom. The van der Waals surface area contributed by atoms with Crippen molar-refractivity contribution in [2.75, 3.05) is 27.9 Å². The highest BCUT2D eigenvalue weighted by atomic mass is 16.5. The van der Waals surface area contributed by atoms with Crippen molar-refractivity contribution in [1.29, 1.82) is 0 Å². The van der Waals surface area contributed by atoms with Crippen LogP contribution in [0.15, 0.2) is 58.7 Å². The fourth-order valence-corrected chi connectivity index (χ4v) is 4.50. The second-order valence-corrected chi connectivity index (χ2v) is 8.98. The maximum atomic E-state index is 12.9. The number of hydrogen-bond acceptors (Lipinski definition) is 8. The first-order valence-electron chi connectivity index (χ1n) is 12.5. The van der Waals surface area contributed by atoms with Crippen molar-refractivity contribution in [2.24, 2.45) is 0 Å². The summed E-state index contributed by atoms with van der Waals surface area (Å²) in [6, 6.07) is 13.1. The van der Waals surface area contributed by atoms with Crippen LogP contribution in [0.1, 0.15) is 35.8 Å². The van der Waals surface area contributed by atoms with Crippen LogP contribution in [0, 0.1) is 0 Å². The van der Waals surface area contributed by atoms with Crippen LogP contribution in [0.4, 0.5) is 0 Å². The van der Waals surface area contributed by atoms with Gasteiger partial charge >= 0.3 is 7.12 Å². The quantitative estimate of drug-likeness (QED) is 0.297. The first kappa shape index (κ1) is 27.9. The molecule has 204 valence electrons. The predicted octanol–water partition coefficient (Wildman–Crippen LogP) is 4.19. The van der Waals surface area contributed by atoms with Crippen LogP contribution >= 0.6 is 0 Å². The summed E-state index contributed by atoms with van der Waals surface area (Å²) in [5.74, 6) is 2.54. The van der Waals surface area contributed by atoms with Crippen molar-refractivity contribution in [3.63, 3.8) is 0 Å². The molecule has 0 radical (unpaired) electrons. The molecule has 0 unspecified atom stereocenters. The van der Waals surface area contributed by atoms with Gasteiger partial charge in [0.1, 0.15) is 11.5 Å². The number of allylic oxidation sites excluding steroid dienone is 2. The van der Waals surface area contributed by atoms with E-state index < -0.39 is 7.12 Å². The smallest absolute Gasteiger partial charge is 0.454 e. The fourth-order valence-electron chi connectivity index (χ4n) is 4.50. The Bertz CT molecular complexity index is 1350. The maximum absolute atomic E-state index is 12.9. The minimum absolute atomic E-state index is 0.0419. The average molecular weight is 533 g/mol. The number of nitrogens with one attached hydrogen (secondary N) is 1. The van der Waals surface area contributed by atoms with E-state index in [9.17, 15) is 4.79 Å². The van der Waals surface area contributed by atoms with Crippen molar-refractivity contribution in [3.05, 3.63) is 76.8 Å². The molecule has 1 aromatic heterocycles. The van der Waals surface area contributed by atoms with E-state index in [1.54, 1.807) is 19.4 Å². The van der Waals surface area contributed by atoms with Gasteiger partial charge < -0.3 is 38.7 Å². The molecule has 1 aliphatic carbocycles. The molecule has 0 aliphatic heterocycles. The van der Waals surface area contributed by atoms with E-state index in [1.165, 1.54) is 14.2 Å². The zero-order valence-corrected chi connectivity index (χ0v) is 22.4. The summed E-state index contributed by atoms with van der Waals surface area (Å²) < 4.78 is 27.6. The number of furan rings is 1. The maximum Gasteiger partial charge on any atom is 0.454 e. The molecule has 1 aliphatic rings. The first-order valence-corrected chi connectivity index (χ1v) is 12.5. The summed E-state index contributed by atoms with van der Waals surface area (Å²) >= 11 is 0. The van der Waals surface area contributed by atoms with Crippen LogP contribution in [-0.4, -0.2) is 51.0 Å². The second kappa shape index (κ2) is 12.6. The van der Waals surface area contributed by atoms with Crippen LogP contribution in [0.2, 0.25) is 6.32 Å². The molecular weight excluding hydrogens is 501 g/mol. The molecule has 4 rings (SSSR count). The summed E-state index contributed by atoms with van der Waals surface area (Å²) in [6.45, 7) is 2.39. The third kappa shape index (κ3) is 6.47. The first-order chi connectivity index (χ1) is 18.8. The Labute approximate surface area is 227 Å². The summed E-state index contributed by atoms with van der Waals surface area (Å²) in [6.07, 6.45) is 3.83. The van der Waals surface area contributed by atoms with Crippen molar-refractivity contribution in [3.8, 4) is 23.0 Å². The highest BCUT2D eigenvalue weighted by Gasteiger charge is 2.26. The Morgan fingerprint density at radius 2 is 1.77 bits per heavy atom. The van der Waals surface area contributed by atoms with Crippen LogP contribution in [0.3, 0.4) is 0 Å². The molecule has 9 nitrogen and oxygen atoms in total. The molecule has 0 fully saturated rings. The molecule has 3 aromatic rings. The number of carbonyl (C=O) groups excluding carboxylic acids is 1. The van der Waals surface area contributed by atoms with E-state index in [2.05, 4.69) is 5.32 Å². The zero-order chi connectivity index (χ0) is 27.9. The van der Waals surface area contributed by atoms with Gasteiger partial charge in [0, 0.05) is 6.32 Å². The number of fused-ring (bicyclic) bond motifs is 1. The van der Waals surface area contributed by atoms with Crippen LogP contribution in [0.25, 0.3) is 17.2 Å². The summed E-state index contributed by atoms with van der Waals surface area (Å²) in [4.78, 5) is 12.9. The fraction of sp³-hybridized carbons (Fsp3) is 0.276. The highest BCUT2D eigenvalue weighted by molar-refractivity contribution is 6.41. The molecule has 0 spiro atoms. The van der Waals surface area contributed by atoms with Gasteiger partial charge in [0.15, 0.2) is 11.5 Å². The predicted molar refractivity (Wildman–Crippen MR) is 149 cm³/mol. The van der Waals surface area contributed by atoms with E-state index in [4.69, 9.17) is 33.4 Å². The van der Waals surface area contributed by atoms with E-state index >= 15 is 0 Å². The van der Waals surface area contributed by atoms with Crippen molar-refractivity contribution < 1.29 is 38.2 Å². The normalized spacial score (nSPS) is 13.3. The number of benzene rings is 2. The Hall–Kier alpha value is -4.15. The molecule has 10 heteroatoms. The molecule has 1 heterocycles. The van der Waals surface area contributed by atoms with Gasteiger partial charge in [0.05, 0.1) is 47.2 Å². The molecular formula is C29H32BNO8. The lowest BCUT2D eigenvalue weighted by Gasteiger charge is -2.16. The molecule has 2 aromatic carbocycles. The average Bonchev–Trinajstić information content (AvgIpc) is 3.54. The van der Waals surface area contributed by atoms with Gasteiger partial charge in [-0.3, -0.25) is 4.79 Å². The second-order valence-electron chi connectivity index (χ2n) is 8.98. The number of amides is 1. The van der Waals surface area contributed by atoms with Crippen molar-refractivity contribution in [2.45, 2.75) is 26.2 Å². The Kier molecular flexibility index (Phi) is 9.01. The van der Waals surface area contributed by atoms with Gasteiger partial charge in [-0.25, -0.2) is 0 Å². The van der Waals surface area contributed by atoms with Crippen LogP contribution in [0.5, 0.6) is 23.0 Å². The Morgan fingerprint density at radius 1 is 1.03 bits per heavy atom. The molecule has 0 bridgehead atoms. The Balaban J connectivity index is 1.68. The third-order valence-electron chi connectivity index (χ3n) is 6.49. The summed E-state index contributed by atoms with van der Waals surface area (Å²) in [5, 5.41) is 21.2. The number of ether oxygens (including phenoxy) is 4. The monoisotopic (exact) mass is 533 g/mol.